The van der Waals surface area contributed by atoms with E-state index in [4.69, 9.17) is 4.74 Å². The van der Waals surface area contributed by atoms with Crippen molar-refractivity contribution in [2.45, 2.75) is 46.6 Å². The Hall–Kier alpha value is -0.810. The molecule has 118 valence electrons. The van der Waals surface area contributed by atoms with Gasteiger partial charge >= 0.3 is 6.09 Å². The van der Waals surface area contributed by atoms with E-state index in [1.165, 1.54) is 0 Å². The molecule has 0 spiro atoms. The summed E-state index contributed by atoms with van der Waals surface area (Å²) in [4.78, 5) is 13.7. The van der Waals surface area contributed by atoms with Gasteiger partial charge in [-0.1, -0.05) is 13.8 Å². The molecule has 1 fully saturated rings. The van der Waals surface area contributed by atoms with Crippen molar-refractivity contribution in [3.05, 3.63) is 0 Å². The number of aliphatic hydroxyl groups is 1. The quantitative estimate of drug-likeness (QED) is 0.810. The van der Waals surface area contributed by atoms with Crippen LogP contribution in [0, 0.1) is 11.3 Å². The van der Waals surface area contributed by atoms with E-state index in [1.54, 1.807) is 4.90 Å². The Morgan fingerprint density at radius 2 is 2.00 bits per heavy atom. The van der Waals surface area contributed by atoms with Gasteiger partial charge in [0.05, 0.1) is 0 Å². The number of nitrogens with zero attached hydrogens (tertiary/aromatic N) is 1. The molecule has 1 rings (SSSR count). The fourth-order valence-corrected chi connectivity index (χ4v) is 2.16. The number of hydrogen-bond donors (Lipinski definition) is 2. The molecule has 0 aromatic rings. The number of hydrogen-bond acceptors (Lipinski definition) is 4. The third-order valence-electron chi connectivity index (χ3n) is 3.40. The molecule has 1 atom stereocenters. The first kappa shape index (κ1) is 17.2. The van der Waals surface area contributed by atoms with Gasteiger partial charge in [-0.3, -0.25) is 0 Å². The molecule has 20 heavy (non-hydrogen) atoms. The number of carbonyl (C=O) groups is 1. The van der Waals surface area contributed by atoms with Gasteiger partial charge in [-0.2, -0.15) is 0 Å². The number of amides is 1. The number of rotatable bonds is 5. The SMILES string of the molecule is CC(C)(CO)CNCC1CCN(C(=O)OC(C)(C)C)C1. The predicted octanol–water partition coefficient (Wildman–Crippen LogP) is 1.85. The number of carbonyl (C=O) groups excluding carboxylic acids is 1. The van der Waals surface area contributed by atoms with Gasteiger partial charge < -0.3 is 20.1 Å². The van der Waals surface area contributed by atoms with Gasteiger partial charge in [0.1, 0.15) is 5.60 Å². The molecule has 2 N–H and O–H groups in total. The van der Waals surface area contributed by atoms with Crippen LogP contribution in [-0.4, -0.2) is 54.5 Å². The highest BCUT2D eigenvalue weighted by Crippen LogP contribution is 2.19. The predicted molar refractivity (Wildman–Crippen MR) is 79.7 cm³/mol. The average Bonchev–Trinajstić information content (AvgIpc) is 2.75. The van der Waals surface area contributed by atoms with Crippen molar-refractivity contribution in [2.75, 3.05) is 32.8 Å². The Kier molecular flexibility index (Phi) is 5.83. The molecule has 1 aliphatic rings. The highest BCUT2D eigenvalue weighted by Gasteiger charge is 2.29. The summed E-state index contributed by atoms with van der Waals surface area (Å²) in [6.45, 7) is 13.1. The van der Waals surface area contributed by atoms with Crippen LogP contribution in [0.5, 0.6) is 0 Å². The van der Waals surface area contributed by atoms with E-state index in [0.717, 1.165) is 32.6 Å². The molecular weight excluding hydrogens is 256 g/mol. The van der Waals surface area contributed by atoms with E-state index in [2.05, 4.69) is 5.32 Å². The van der Waals surface area contributed by atoms with Crippen LogP contribution in [0.4, 0.5) is 4.79 Å². The summed E-state index contributed by atoms with van der Waals surface area (Å²) in [5, 5.41) is 12.6. The molecule has 1 aliphatic heterocycles. The first-order valence-corrected chi connectivity index (χ1v) is 7.42. The maximum atomic E-state index is 11.9. The van der Waals surface area contributed by atoms with Gasteiger partial charge in [0.25, 0.3) is 0 Å². The van der Waals surface area contributed by atoms with Crippen LogP contribution in [0.25, 0.3) is 0 Å². The van der Waals surface area contributed by atoms with Crippen LogP contribution in [-0.2, 0) is 4.74 Å². The molecule has 1 unspecified atom stereocenters. The fraction of sp³-hybridized carbons (Fsp3) is 0.933. The van der Waals surface area contributed by atoms with Crippen molar-refractivity contribution in [2.24, 2.45) is 11.3 Å². The van der Waals surface area contributed by atoms with E-state index in [0.29, 0.717) is 5.92 Å². The van der Waals surface area contributed by atoms with Crippen molar-refractivity contribution >= 4 is 6.09 Å². The van der Waals surface area contributed by atoms with E-state index >= 15 is 0 Å². The molecule has 0 bridgehead atoms. The molecular formula is C15H30N2O3. The number of ether oxygens (including phenoxy) is 1. The molecule has 0 aromatic carbocycles. The standard InChI is InChI=1S/C15H30N2O3/c1-14(2,3)20-13(19)17-7-6-12(9-17)8-16-10-15(4,5)11-18/h12,16,18H,6-11H2,1-5H3. The number of aliphatic hydroxyl groups excluding tert-OH is 1. The van der Waals surface area contributed by atoms with Crippen molar-refractivity contribution in [1.82, 2.24) is 10.2 Å². The molecule has 0 aliphatic carbocycles. The summed E-state index contributed by atoms with van der Waals surface area (Å²) < 4.78 is 5.38. The van der Waals surface area contributed by atoms with Crippen LogP contribution in [0.15, 0.2) is 0 Å². The second-order valence-electron chi connectivity index (χ2n) is 7.53. The van der Waals surface area contributed by atoms with Crippen LogP contribution in [0.3, 0.4) is 0 Å². The normalized spacial score (nSPS) is 20.3. The summed E-state index contributed by atoms with van der Waals surface area (Å²) in [5.74, 6) is 0.469. The van der Waals surface area contributed by atoms with Crippen LogP contribution < -0.4 is 5.32 Å². The van der Waals surface area contributed by atoms with E-state index < -0.39 is 5.60 Å². The van der Waals surface area contributed by atoms with E-state index in [9.17, 15) is 9.90 Å². The Balaban J connectivity index is 2.28. The Labute approximate surface area is 122 Å². The van der Waals surface area contributed by atoms with Crippen LogP contribution >= 0.6 is 0 Å². The Morgan fingerprint density at radius 1 is 1.35 bits per heavy atom. The average molecular weight is 286 g/mol. The zero-order valence-corrected chi connectivity index (χ0v) is 13.5. The third-order valence-corrected chi connectivity index (χ3v) is 3.40. The van der Waals surface area contributed by atoms with E-state index in [1.807, 2.05) is 34.6 Å². The molecule has 1 heterocycles. The van der Waals surface area contributed by atoms with Gasteiger partial charge in [0.2, 0.25) is 0 Å². The molecule has 1 amide bonds. The Bertz CT molecular complexity index is 324. The fourth-order valence-electron chi connectivity index (χ4n) is 2.16. The van der Waals surface area contributed by atoms with Crippen molar-refractivity contribution in [1.29, 1.82) is 0 Å². The van der Waals surface area contributed by atoms with Crippen molar-refractivity contribution < 1.29 is 14.6 Å². The molecule has 0 radical (unpaired) electrons. The van der Waals surface area contributed by atoms with Gasteiger partial charge in [0.15, 0.2) is 0 Å². The van der Waals surface area contributed by atoms with E-state index in [-0.39, 0.29) is 18.1 Å². The highest BCUT2D eigenvalue weighted by atomic mass is 16.6. The first-order valence-electron chi connectivity index (χ1n) is 7.42. The van der Waals surface area contributed by atoms with Gasteiger partial charge in [0, 0.05) is 31.7 Å². The lowest BCUT2D eigenvalue weighted by atomic mass is 9.95. The third kappa shape index (κ3) is 6.09. The van der Waals surface area contributed by atoms with Crippen LogP contribution in [0.2, 0.25) is 0 Å². The molecule has 5 nitrogen and oxygen atoms in total. The highest BCUT2D eigenvalue weighted by molar-refractivity contribution is 5.68. The van der Waals surface area contributed by atoms with Gasteiger partial charge in [-0.05, 0) is 39.7 Å². The second-order valence-corrected chi connectivity index (χ2v) is 7.53. The van der Waals surface area contributed by atoms with Crippen LogP contribution in [0.1, 0.15) is 41.0 Å². The monoisotopic (exact) mass is 286 g/mol. The first-order chi connectivity index (χ1) is 9.13. The largest absolute Gasteiger partial charge is 0.444 e. The lowest BCUT2D eigenvalue weighted by Crippen LogP contribution is -2.37. The summed E-state index contributed by atoms with van der Waals surface area (Å²) >= 11 is 0. The lowest BCUT2D eigenvalue weighted by Gasteiger charge is -2.25. The summed E-state index contributed by atoms with van der Waals surface area (Å²) in [7, 11) is 0. The topological polar surface area (TPSA) is 61.8 Å². The summed E-state index contributed by atoms with van der Waals surface area (Å²) in [6, 6.07) is 0. The molecule has 1 saturated heterocycles. The maximum Gasteiger partial charge on any atom is 0.410 e. The second kappa shape index (κ2) is 6.76. The molecule has 5 heteroatoms. The molecule has 0 saturated carbocycles. The summed E-state index contributed by atoms with van der Waals surface area (Å²) in [6.07, 6.45) is 0.793. The number of nitrogens with one attached hydrogen (secondary N) is 1. The smallest absolute Gasteiger partial charge is 0.410 e. The van der Waals surface area contributed by atoms with Crippen molar-refractivity contribution in [3.63, 3.8) is 0 Å². The minimum atomic E-state index is -0.432. The zero-order chi connectivity index (χ0) is 15.4. The van der Waals surface area contributed by atoms with Crippen molar-refractivity contribution in [3.8, 4) is 0 Å². The maximum absolute atomic E-state index is 11.9. The van der Waals surface area contributed by atoms with Gasteiger partial charge in [-0.25, -0.2) is 4.79 Å². The van der Waals surface area contributed by atoms with Gasteiger partial charge in [-0.15, -0.1) is 0 Å². The molecule has 0 aromatic heterocycles. The summed E-state index contributed by atoms with van der Waals surface area (Å²) in [5.41, 5.74) is -0.526. The Morgan fingerprint density at radius 3 is 2.55 bits per heavy atom. The minimum absolute atomic E-state index is 0.0938. The zero-order valence-electron chi connectivity index (χ0n) is 13.5. The minimum Gasteiger partial charge on any atom is -0.444 e. The lowest BCUT2D eigenvalue weighted by molar-refractivity contribution is 0.0288. The number of likely N-dealkylation sites (tertiary alicyclic amines) is 1.